The lowest BCUT2D eigenvalue weighted by atomic mass is 9.33. The Morgan fingerprint density at radius 2 is 1.55 bits per heavy atom. The molecular weight excluding hydrogens is 506 g/mol. The summed E-state index contributed by atoms with van der Waals surface area (Å²) in [5.74, 6) is -1.97. The minimum atomic E-state index is -1.05. The number of aliphatic carboxylic acids is 2. The Bertz CT molecular complexity index is 1190. The first-order valence-corrected chi connectivity index (χ1v) is 15.3. The van der Waals surface area contributed by atoms with E-state index in [4.69, 9.17) is 5.11 Å². The number of carbonyl (C=O) groups excluding carboxylic acids is 2. The van der Waals surface area contributed by atoms with E-state index in [1.165, 1.54) is 5.57 Å². The summed E-state index contributed by atoms with van der Waals surface area (Å²) in [6.07, 6.45) is 9.39. The molecule has 0 spiro atoms. The molecule has 9 atom stereocenters. The van der Waals surface area contributed by atoms with Crippen molar-refractivity contribution in [1.29, 1.82) is 0 Å². The van der Waals surface area contributed by atoms with Crippen LogP contribution in [-0.4, -0.2) is 40.4 Å². The molecule has 5 aliphatic carbocycles. The van der Waals surface area contributed by atoms with Gasteiger partial charge in [0.25, 0.3) is 0 Å². The van der Waals surface area contributed by atoms with E-state index in [-0.39, 0.29) is 69.0 Å². The third-order valence-corrected chi connectivity index (χ3v) is 13.9. The molecule has 4 saturated carbocycles. The van der Waals surface area contributed by atoms with Crippen LogP contribution in [-0.2, 0) is 19.2 Å². The lowest BCUT2D eigenvalue weighted by Crippen LogP contribution is -2.66. The molecule has 5 aliphatic rings. The van der Waals surface area contributed by atoms with Gasteiger partial charge >= 0.3 is 11.9 Å². The van der Waals surface area contributed by atoms with Gasteiger partial charge in [-0.1, -0.05) is 47.1 Å². The minimum Gasteiger partial charge on any atom is -0.481 e. The summed E-state index contributed by atoms with van der Waals surface area (Å²) >= 11 is 0. The Balaban J connectivity index is 1.53. The summed E-state index contributed by atoms with van der Waals surface area (Å²) in [6, 6.07) is 0. The summed E-state index contributed by atoms with van der Waals surface area (Å²) in [6.45, 7) is 15.1. The minimum absolute atomic E-state index is 0.0221. The van der Waals surface area contributed by atoms with E-state index in [1.54, 1.807) is 0 Å². The Hall–Kier alpha value is -2.18. The predicted octanol–water partition coefficient (Wildman–Crippen LogP) is 5.87. The van der Waals surface area contributed by atoms with Gasteiger partial charge in [0.05, 0.1) is 5.41 Å². The quantitative estimate of drug-likeness (QED) is 0.399. The summed E-state index contributed by atoms with van der Waals surface area (Å²) in [7, 11) is 0. The Labute approximate surface area is 238 Å². The van der Waals surface area contributed by atoms with Gasteiger partial charge in [-0.25, -0.2) is 0 Å². The van der Waals surface area contributed by atoms with E-state index in [9.17, 15) is 24.3 Å². The molecule has 0 aromatic heterocycles. The van der Waals surface area contributed by atoms with Gasteiger partial charge in [0, 0.05) is 11.8 Å². The SMILES string of the molecule is CC1(C)[C@@H](C(=O)NCC(=O)O)CC[C@]2(C)[C@H]3C(=O)C=C4[C@@H]5C[C@@](C)(C(=O)O)CC[C@]5(C)CC[C@@]4(C)[C@]3(C)CC[C@@H]12. The zero-order chi connectivity index (χ0) is 29.7. The van der Waals surface area contributed by atoms with Crippen LogP contribution >= 0.6 is 0 Å². The molecular formula is C33H49NO6. The molecule has 4 fully saturated rings. The van der Waals surface area contributed by atoms with Crippen molar-refractivity contribution in [2.24, 2.45) is 56.2 Å². The van der Waals surface area contributed by atoms with Gasteiger partial charge in [0.15, 0.2) is 5.78 Å². The molecule has 0 bridgehead atoms. The number of rotatable bonds is 4. The number of hydrogen-bond acceptors (Lipinski definition) is 4. The number of allylic oxidation sites excluding steroid dienone is 2. The molecule has 222 valence electrons. The molecule has 3 N–H and O–H groups in total. The number of nitrogens with one attached hydrogen (secondary N) is 1. The van der Waals surface area contributed by atoms with E-state index in [1.807, 2.05) is 13.0 Å². The summed E-state index contributed by atoms with van der Waals surface area (Å²) in [5.41, 5.74) is -0.608. The van der Waals surface area contributed by atoms with Crippen molar-refractivity contribution >= 4 is 23.6 Å². The normalized spacial score (nSPS) is 47.5. The van der Waals surface area contributed by atoms with E-state index in [2.05, 4.69) is 46.9 Å². The van der Waals surface area contributed by atoms with Crippen molar-refractivity contribution in [3.05, 3.63) is 11.6 Å². The van der Waals surface area contributed by atoms with E-state index in [0.29, 0.717) is 19.3 Å². The molecule has 0 saturated heterocycles. The number of carbonyl (C=O) groups is 4. The van der Waals surface area contributed by atoms with E-state index >= 15 is 0 Å². The van der Waals surface area contributed by atoms with Gasteiger partial charge < -0.3 is 15.5 Å². The van der Waals surface area contributed by atoms with Crippen LogP contribution in [0.2, 0.25) is 0 Å². The largest absolute Gasteiger partial charge is 0.481 e. The molecule has 40 heavy (non-hydrogen) atoms. The predicted molar refractivity (Wildman–Crippen MR) is 151 cm³/mol. The van der Waals surface area contributed by atoms with Crippen LogP contribution in [0.15, 0.2) is 11.6 Å². The molecule has 7 heteroatoms. The summed E-state index contributed by atoms with van der Waals surface area (Å²) in [4.78, 5) is 51.0. The van der Waals surface area contributed by atoms with Crippen LogP contribution in [0.5, 0.6) is 0 Å². The fourth-order valence-electron chi connectivity index (χ4n) is 11.1. The average molecular weight is 556 g/mol. The highest BCUT2D eigenvalue weighted by Crippen LogP contribution is 2.75. The van der Waals surface area contributed by atoms with Gasteiger partial charge in [0.1, 0.15) is 6.54 Å². The van der Waals surface area contributed by atoms with Gasteiger partial charge in [-0.3, -0.25) is 19.2 Å². The molecule has 0 heterocycles. The molecule has 0 aromatic rings. The number of ketones is 1. The molecule has 7 nitrogen and oxygen atoms in total. The van der Waals surface area contributed by atoms with Crippen LogP contribution in [0, 0.1) is 56.2 Å². The first-order chi connectivity index (χ1) is 18.4. The Morgan fingerprint density at radius 3 is 2.17 bits per heavy atom. The average Bonchev–Trinajstić information content (AvgIpc) is 2.84. The van der Waals surface area contributed by atoms with Crippen molar-refractivity contribution in [2.45, 2.75) is 106 Å². The Kier molecular flexibility index (Phi) is 6.53. The van der Waals surface area contributed by atoms with Gasteiger partial charge in [-0.2, -0.15) is 0 Å². The summed E-state index contributed by atoms with van der Waals surface area (Å²) in [5, 5.41) is 21.8. The van der Waals surface area contributed by atoms with Crippen LogP contribution in [0.3, 0.4) is 0 Å². The monoisotopic (exact) mass is 555 g/mol. The number of fused-ring (bicyclic) bond motifs is 7. The van der Waals surface area contributed by atoms with Gasteiger partial charge in [-0.15, -0.1) is 0 Å². The lowest BCUT2D eigenvalue weighted by molar-refractivity contribution is -0.194. The van der Waals surface area contributed by atoms with E-state index < -0.39 is 17.4 Å². The number of carboxylic acids is 2. The van der Waals surface area contributed by atoms with Crippen molar-refractivity contribution in [3.63, 3.8) is 0 Å². The van der Waals surface area contributed by atoms with Gasteiger partial charge in [-0.05, 0) is 110 Å². The van der Waals surface area contributed by atoms with Crippen LogP contribution in [0.1, 0.15) is 106 Å². The summed E-state index contributed by atoms with van der Waals surface area (Å²) < 4.78 is 0. The number of carboxylic acid groups (broad SMARTS) is 2. The zero-order valence-corrected chi connectivity index (χ0v) is 25.5. The standard InChI is InChI=1S/C33H49NO6/c1-28(2)19(26(38)34-18-24(36)37)8-10-31(5)23(28)9-11-33(7)25(31)22(35)16-20-21-17-30(4,27(39)40)13-12-29(21,3)14-15-32(20,33)6/h16,19,21,23,25H,8-15,17-18H2,1-7H3,(H,34,38)(H,36,37)(H,39,40)/t19-,21+,23+,25-,29-,30+,31+,32-,33-/m1/s1. The highest BCUT2D eigenvalue weighted by Gasteiger charge is 2.70. The molecule has 0 radical (unpaired) electrons. The number of hydrogen-bond donors (Lipinski definition) is 3. The first-order valence-electron chi connectivity index (χ1n) is 15.3. The third-order valence-electron chi connectivity index (χ3n) is 13.9. The van der Waals surface area contributed by atoms with Crippen molar-refractivity contribution in [1.82, 2.24) is 5.32 Å². The van der Waals surface area contributed by atoms with E-state index in [0.717, 1.165) is 38.5 Å². The Morgan fingerprint density at radius 1 is 0.900 bits per heavy atom. The number of amides is 1. The van der Waals surface area contributed by atoms with Crippen molar-refractivity contribution in [2.75, 3.05) is 6.54 Å². The van der Waals surface area contributed by atoms with Crippen LogP contribution in [0.4, 0.5) is 0 Å². The van der Waals surface area contributed by atoms with Crippen LogP contribution < -0.4 is 5.32 Å². The van der Waals surface area contributed by atoms with Crippen LogP contribution in [0.25, 0.3) is 0 Å². The maximum Gasteiger partial charge on any atom is 0.322 e. The maximum atomic E-state index is 14.4. The molecule has 0 unspecified atom stereocenters. The molecule has 5 rings (SSSR count). The van der Waals surface area contributed by atoms with Crippen molar-refractivity contribution < 1.29 is 29.4 Å². The maximum absolute atomic E-state index is 14.4. The molecule has 0 aromatic carbocycles. The van der Waals surface area contributed by atoms with Gasteiger partial charge in [0.2, 0.25) is 5.91 Å². The second-order valence-corrected chi connectivity index (χ2v) is 16.1. The smallest absolute Gasteiger partial charge is 0.322 e. The second kappa shape index (κ2) is 8.91. The molecule has 1 amide bonds. The fraction of sp³-hybridized carbons (Fsp3) is 0.818. The third kappa shape index (κ3) is 3.81. The second-order valence-electron chi connectivity index (χ2n) is 16.1. The molecule has 0 aliphatic heterocycles. The lowest BCUT2D eigenvalue weighted by Gasteiger charge is -2.70. The highest BCUT2D eigenvalue weighted by molar-refractivity contribution is 5.96. The van der Waals surface area contributed by atoms with Crippen molar-refractivity contribution in [3.8, 4) is 0 Å². The highest BCUT2D eigenvalue weighted by atomic mass is 16.4. The zero-order valence-electron chi connectivity index (χ0n) is 25.5. The topological polar surface area (TPSA) is 121 Å². The first kappa shape index (κ1) is 29.3. The fourth-order valence-corrected chi connectivity index (χ4v) is 11.1.